The second-order valence-electron chi connectivity index (χ2n) is 3.93. The molecule has 0 bridgehead atoms. The van der Waals surface area contributed by atoms with Crippen LogP contribution in [-0.4, -0.2) is 13.1 Å². The molecule has 0 aromatic rings. The lowest BCUT2D eigenvalue weighted by atomic mass is 9.59. The molecular formula is C9H17N. The fourth-order valence-corrected chi connectivity index (χ4v) is 2.72. The SMILES string of the molecule is CCC1CCC12CCNC2. The fourth-order valence-electron chi connectivity index (χ4n) is 2.72. The van der Waals surface area contributed by atoms with Crippen LogP contribution in [0.25, 0.3) is 0 Å². The van der Waals surface area contributed by atoms with E-state index in [4.69, 9.17) is 0 Å². The summed E-state index contributed by atoms with van der Waals surface area (Å²) in [5.41, 5.74) is 0.773. The molecule has 10 heavy (non-hydrogen) atoms. The Bertz CT molecular complexity index is 123. The molecule has 1 heteroatoms. The minimum Gasteiger partial charge on any atom is -0.316 e. The van der Waals surface area contributed by atoms with Crippen molar-refractivity contribution in [1.82, 2.24) is 5.32 Å². The summed E-state index contributed by atoms with van der Waals surface area (Å²) in [6, 6.07) is 0. The summed E-state index contributed by atoms with van der Waals surface area (Å²) in [5.74, 6) is 1.06. The van der Waals surface area contributed by atoms with Gasteiger partial charge in [0.2, 0.25) is 0 Å². The summed E-state index contributed by atoms with van der Waals surface area (Å²) in [4.78, 5) is 0. The standard InChI is InChI=1S/C9H17N/c1-2-8-3-4-9(8)5-6-10-7-9/h8,10H,2-7H2,1H3. The van der Waals surface area contributed by atoms with Crippen molar-refractivity contribution in [1.29, 1.82) is 0 Å². The molecule has 2 aliphatic rings. The highest BCUT2D eigenvalue weighted by Gasteiger charge is 2.46. The molecule has 1 spiro atoms. The minimum atomic E-state index is 0.773. The molecule has 1 aliphatic carbocycles. The molecule has 0 aromatic heterocycles. The average molecular weight is 139 g/mol. The quantitative estimate of drug-likeness (QED) is 0.584. The van der Waals surface area contributed by atoms with Gasteiger partial charge in [0.1, 0.15) is 0 Å². The smallest absolute Gasteiger partial charge is 0.00109 e. The first-order valence-corrected chi connectivity index (χ1v) is 4.58. The van der Waals surface area contributed by atoms with E-state index < -0.39 is 0 Å². The van der Waals surface area contributed by atoms with Gasteiger partial charge in [-0.05, 0) is 37.1 Å². The Morgan fingerprint density at radius 2 is 2.40 bits per heavy atom. The molecule has 2 fully saturated rings. The minimum absolute atomic E-state index is 0.773. The van der Waals surface area contributed by atoms with Gasteiger partial charge in [-0.3, -0.25) is 0 Å². The highest BCUT2D eigenvalue weighted by molar-refractivity contribution is 4.99. The summed E-state index contributed by atoms with van der Waals surface area (Å²) in [6.45, 7) is 4.92. The summed E-state index contributed by atoms with van der Waals surface area (Å²) < 4.78 is 0. The van der Waals surface area contributed by atoms with Crippen molar-refractivity contribution < 1.29 is 0 Å². The van der Waals surface area contributed by atoms with Gasteiger partial charge in [0.15, 0.2) is 0 Å². The Kier molecular flexibility index (Phi) is 1.48. The molecule has 0 aromatic carbocycles. The third-order valence-corrected chi connectivity index (χ3v) is 3.63. The highest BCUT2D eigenvalue weighted by atomic mass is 14.9. The Morgan fingerprint density at radius 1 is 1.50 bits per heavy atom. The van der Waals surface area contributed by atoms with Crippen LogP contribution in [0, 0.1) is 11.3 Å². The maximum absolute atomic E-state index is 3.48. The zero-order valence-electron chi connectivity index (χ0n) is 6.82. The molecule has 1 N–H and O–H groups in total. The van der Waals surface area contributed by atoms with Crippen molar-refractivity contribution in [2.75, 3.05) is 13.1 Å². The van der Waals surface area contributed by atoms with Gasteiger partial charge in [0.05, 0.1) is 0 Å². The lowest BCUT2D eigenvalue weighted by Crippen LogP contribution is -2.41. The van der Waals surface area contributed by atoms with Crippen LogP contribution in [-0.2, 0) is 0 Å². The third kappa shape index (κ3) is 0.731. The zero-order chi connectivity index (χ0) is 7.03. The molecule has 2 atom stereocenters. The van der Waals surface area contributed by atoms with Gasteiger partial charge in [-0.25, -0.2) is 0 Å². The lowest BCUT2D eigenvalue weighted by molar-refractivity contribution is 0.0490. The van der Waals surface area contributed by atoms with Crippen LogP contribution in [0.1, 0.15) is 32.6 Å². The Hall–Kier alpha value is -0.0400. The zero-order valence-corrected chi connectivity index (χ0v) is 6.82. The normalized spacial score (nSPS) is 45.9. The maximum Gasteiger partial charge on any atom is 0.00109 e. The fraction of sp³-hybridized carbons (Fsp3) is 1.00. The van der Waals surface area contributed by atoms with Gasteiger partial charge < -0.3 is 5.32 Å². The lowest BCUT2D eigenvalue weighted by Gasteiger charge is -2.46. The summed E-state index contributed by atoms with van der Waals surface area (Å²) in [5, 5.41) is 3.48. The van der Waals surface area contributed by atoms with E-state index in [9.17, 15) is 0 Å². The van der Waals surface area contributed by atoms with E-state index in [2.05, 4.69) is 12.2 Å². The third-order valence-electron chi connectivity index (χ3n) is 3.63. The van der Waals surface area contributed by atoms with Crippen molar-refractivity contribution in [3.8, 4) is 0 Å². The van der Waals surface area contributed by atoms with E-state index in [1.807, 2.05) is 0 Å². The molecule has 0 radical (unpaired) electrons. The van der Waals surface area contributed by atoms with E-state index in [-0.39, 0.29) is 0 Å². The molecule has 0 amide bonds. The van der Waals surface area contributed by atoms with E-state index in [1.165, 1.54) is 38.8 Å². The van der Waals surface area contributed by atoms with Crippen molar-refractivity contribution in [3.05, 3.63) is 0 Å². The largest absolute Gasteiger partial charge is 0.316 e. The topological polar surface area (TPSA) is 12.0 Å². The first kappa shape index (κ1) is 6.66. The maximum atomic E-state index is 3.48. The number of rotatable bonds is 1. The van der Waals surface area contributed by atoms with Crippen LogP contribution in [0.2, 0.25) is 0 Å². The molecular weight excluding hydrogens is 122 g/mol. The van der Waals surface area contributed by atoms with E-state index in [1.54, 1.807) is 0 Å². The van der Waals surface area contributed by atoms with Gasteiger partial charge in [-0.15, -0.1) is 0 Å². The van der Waals surface area contributed by atoms with Gasteiger partial charge in [-0.2, -0.15) is 0 Å². The molecule has 1 heterocycles. The van der Waals surface area contributed by atoms with Gasteiger partial charge in [0.25, 0.3) is 0 Å². The van der Waals surface area contributed by atoms with Crippen molar-refractivity contribution >= 4 is 0 Å². The van der Waals surface area contributed by atoms with Crippen LogP contribution in [0.5, 0.6) is 0 Å². The van der Waals surface area contributed by atoms with Crippen molar-refractivity contribution in [2.24, 2.45) is 11.3 Å². The molecule has 1 nitrogen and oxygen atoms in total. The van der Waals surface area contributed by atoms with E-state index in [0.29, 0.717) is 0 Å². The van der Waals surface area contributed by atoms with Crippen LogP contribution in [0.4, 0.5) is 0 Å². The highest BCUT2D eigenvalue weighted by Crippen LogP contribution is 2.52. The monoisotopic (exact) mass is 139 g/mol. The molecule has 2 unspecified atom stereocenters. The van der Waals surface area contributed by atoms with Crippen LogP contribution >= 0.6 is 0 Å². The predicted octanol–water partition coefficient (Wildman–Crippen LogP) is 1.79. The van der Waals surface area contributed by atoms with Gasteiger partial charge in [0, 0.05) is 6.54 Å². The molecule has 1 saturated carbocycles. The first-order chi connectivity index (χ1) is 4.87. The molecule has 1 aliphatic heterocycles. The number of hydrogen-bond acceptors (Lipinski definition) is 1. The Labute approximate surface area is 63.2 Å². The Morgan fingerprint density at radius 3 is 2.80 bits per heavy atom. The van der Waals surface area contributed by atoms with E-state index >= 15 is 0 Å². The number of hydrogen-bond donors (Lipinski definition) is 1. The summed E-state index contributed by atoms with van der Waals surface area (Å²) in [7, 11) is 0. The second kappa shape index (κ2) is 2.23. The summed E-state index contributed by atoms with van der Waals surface area (Å²) >= 11 is 0. The van der Waals surface area contributed by atoms with Crippen LogP contribution < -0.4 is 5.32 Å². The van der Waals surface area contributed by atoms with Crippen LogP contribution in [0.3, 0.4) is 0 Å². The Balaban J connectivity index is 2.01. The predicted molar refractivity (Wildman–Crippen MR) is 42.9 cm³/mol. The molecule has 58 valence electrons. The first-order valence-electron chi connectivity index (χ1n) is 4.58. The van der Waals surface area contributed by atoms with E-state index in [0.717, 1.165) is 11.3 Å². The van der Waals surface area contributed by atoms with Gasteiger partial charge in [-0.1, -0.05) is 13.3 Å². The van der Waals surface area contributed by atoms with Crippen LogP contribution in [0.15, 0.2) is 0 Å². The molecule has 2 rings (SSSR count). The van der Waals surface area contributed by atoms with Crippen molar-refractivity contribution in [3.63, 3.8) is 0 Å². The molecule has 1 saturated heterocycles. The second-order valence-corrected chi connectivity index (χ2v) is 3.93. The summed E-state index contributed by atoms with van der Waals surface area (Å²) in [6.07, 6.45) is 5.85. The number of nitrogens with one attached hydrogen (secondary N) is 1. The average Bonchev–Trinajstić information content (AvgIpc) is 2.35. The van der Waals surface area contributed by atoms with Crippen molar-refractivity contribution in [2.45, 2.75) is 32.6 Å². The van der Waals surface area contributed by atoms with Gasteiger partial charge >= 0.3 is 0 Å².